The molecule has 2 aromatic rings. The molecule has 9 heteroatoms. The lowest BCUT2D eigenvalue weighted by Crippen LogP contribution is -2.37. The van der Waals surface area contributed by atoms with Crippen LogP contribution in [0.25, 0.3) is 5.70 Å². The van der Waals surface area contributed by atoms with E-state index in [4.69, 9.17) is 0 Å². The molecular weight excluding hydrogens is 425 g/mol. The van der Waals surface area contributed by atoms with Crippen molar-refractivity contribution in [1.82, 2.24) is 15.2 Å². The summed E-state index contributed by atoms with van der Waals surface area (Å²) in [5.74, 6) is -0.130. The number of hydrazine groups is 1. The zero-order valence-corrected chi connectivity index (χ0v) is 17.9. The molecule has 0 aliphatic carbocycles. The standard InChI is InChI=1S/C21H22FN3O3S2/c22-16-7-8-20-18(14-16)19(9-12-29-20)23-24-21(26)15-5-4-6-17(13-15)30(27,28)25-10-2-1-3-11-25/h4-9,13-14,23H,1-3,10-12H2,(H,24,26). The van der Waals surface area contributed by atoms with Crippen LogP contribution in [0.15, 0.2) is 58.3 Å². The Hall–Kier alpha value is -2.36. The first-order valence-electron chi connectivity index (χ1n) is 9.74. The van der Waals surface area contributed by atoms with Gasteiger partial charge >= 0.3 is 0 Å². The van der Waals surface area contributed by atoms with Gasteiger partial charge in [-0.15, -0.1) is 11.8 Å². The smallest absolute Gasteiger partial charge is 0.269 e. The molecule has 0 saturated carbocycles. The predicted molar refractivity (Wildman–Crippen MR) is 115 cm³/mol. The van der Waals surface area contributed by atoms with Gasteiger partial charge in [0.25, 0.3) is 5.91 Å². The van der Waals surface area contributed by atoms with Gasteiger partial charge in [0.15, 0.2) is 0 Å². The lowest BCUT2D eigenvalue weighted by Gasteiger charge is -2.26. The Labute approximate surface area is 179 Å². The van der Waals surface area contributed by atoms with E-state index in [9.17, 15) is 17.6 Å². The summed E-state index contributed by atoms with van der Waals surface area (Å²) >= 11 is 1.58. The molecular formula is C21H22FN3O3S2. The monoisotopic (exact) mass is 447 g/mol. The number of carbonyl (C=O) groups excluding carboxylic acids is 1. The number of hydrogen-bond donors (Lipinski definition) is 2. The van der Waals surface area contributed by atoms with Gasteiger partial charge in [-0.1, -0.05) is 12.5 Å². The van der Waals surface area contributed by atoms with Crippen LogP contribution in [-0.4, -0.2) is 37.5 Å². The summed E-state index contributed by atoms with van der Waals surface area (Å²) in [4.78, 5) is 13.7. The number of amides is 1. The molecule has 0 unspecified atom stereocenters. The summed E-state index contributed by atoms with van der Waals surface area (Å²) in [5, 5.41) is 0. The second-order valence-corrected chi connectivity index (χ2v) is 10.1. The predicted octanol–water partition coefficient (Wildman–Crippen LogP) is 3.38. The van der Waals surface area contributed by atoms with E-state index in [1.165, 1.54) is 28.6 Å². The summed E-state index contributed by atoms with van der Waals surface area (Å²) in [5.41, 5.74) is 6.94. The molecule has 0 atom stereocenters. The van der Waals surface area contributed by atoms with E-state index in [1.807, 2.05) is 6.08 Å². The number of nitrogens with zero attached hydrogens (tertiary/aromatic N) is 1. The van der Waals surface area contributed by atoms with Gasteiger partial charge in [-0.25, -0.2) is 12.8 Å². The molecule has 2 N–H and O–H groups in total. The van der Waals surface area contributed by atoms with Crippen LogP contribution in [0.4, 0.5) is 4.39 Å². The van der Waals surface area contributed by atoms with Crippen molar-refractivity contribution in [1.29, 1.82) is 0 Å². The first kappa shape index (κ1) is 20.9. The van der Waals surface area contributed by atoms with Crippen molar-refractivity contribution in [2.75, 3.05) is 18.8 Å². The highest BCUT2D eigenvalue weighted by Gasteiger charge is 2.26. The summed E-state index contributed by atoms with van der Waals surface area (Å²) in [6, 6.07) is 10.5. The molecule has 158 valence electrons. The van der Waals surface area contributed by atoms with Gasteiger partial charge in [0.1, 0.15) is 5.82 Å². The number of halogens is 1. The molecule has 2 heterocycles. The van der Waals surface area contributed by atoms with Crippen molar-refractivity contribution in [3.63, 3.8) is 0 Å². The Bertz CT molecular complexity index is 1100. The van der Waals surface area contributed by atoms with E-state index in [1.54, 1.807) is 30.0 Å². The van der Waals surface area contributed by atoms with Gasteiger partial charge in [-0.2, -0.15) is 4.31 Å². The summed E-state index contributed by atoms with van der Waals surface area (Å²) < 4.78 is 40.8. The highest BCUT2D eigenvalue weighted by Crippen LogP contribution is 2.32. The van der Waals surface area contributed by atoms with E-state index in [0.29, 0.717) is 30.1 Å². The fourth-order valence-electron chi connectivity index (χ4n) is 3.53. The van der Waals surface area contributed by atoms with Gasteiger partial charge in [0.2, 0.25) is 10.0 Å². The van der Waals surface area contributed by atoms with Crippen LogP contribution in [0.2, 0.25) is 0 Å². The zero-order chi connectivity index (χ0) is 21.1. The Morgan fingerprint density at radius 3 is 2.67 bits per heavy atom. The van der Waals surface area contributed by atoms with E-state index in [0.717, 1.165) is 24.2 Å². The zero-order valence-electron chi connectivity index (χ0n) is 16.2. The molecule has 30 heavy (non-hydrogen) atoms. The number of sulfonamides is 1. The van der Waals surface area contributed by atoms with Crippen LogP contribution in [0.5, 0.6) is 0 Å². The average Bonchev–Trinajstić information content (AvgIpc) is 2.78. The highest BCUT2D eigenvalue weighted by molar-refractivity contribution is 7.99. The third-order valence-electron chi connectivity index (χ3n) is 5.12. The molecule has 1 saturated heterocycles. The molecule has 0 bridgehead atoms. The lowest BCUT2D eigenvalue weighted by molar-refractivity contribution is 0.0942. The normalized spacial score (nSPS) is 17.0. The second kappa shape index (κ2) is 8.79. The molecule has 1 fully saturated rings. The molecule has 2 aliphatic heterocycles. The molecule has 1 amide bonds. The lowest BCUT2D eigenvalue weighted by atomic mass is 10.1. The molecule has 2 aromatic carbocycles. The molecule has 0 spiro atoms. The summed E-state index contributed by atoms with van der Waals surface area (Å²) in [6.07, 6.45) is 4.59. The summed E-state index contributed by atoms with van der Waals surface area (Å²) in [6.45, 7) is 1.00. The maximum Gasteiger partial charge on any atom is 0.269 e. The van der Waals surface area contributed by atoms with Gasteiger partial charge in [0.05, 0.1) is 10.6 Å². The van der Waals surface area contributed by atoms with Crippen LogP contribution in [0, 0.1) is 5.82 Å². The molecule has 0 radical (unpaired) electrons. The number of fused-ring (bicyclic) bond motifs is 1. The molecule has 2 aliphatic rings. The number of piperidine rings is 1. The van der Waals surface area contributed by atoms with Gasteiger partial charge in [0, 0.05) is 34.9 Å². The van der Waals surface area contributed by atoms with Gasteiger partial charge in [-0.3, -0.25) is 15.6 Å². The minimum Gasteiger partial charge on any atom is -0.298 e. The maximum atomic E-state index is 13.6. The fraction of sp³-hybridized carbons (Fsp3) is 0.286. The number of rotatable bonds is 5. The van der Waals surface area contributed by atoms with Crippen LogP contribution in [0.1, 0.15) is 35.2 Å². The first-order valence-corrected chi connectivity index (χ1v) is 12.2. The van der Waals surface area contributed by atoms with Crippen molar-refractivity contribution in [2.24, 2.45) is 0 Å². The van der Waals surface area contributed by atoms with E-state index in [2.05, 4.69) is 10.9 Å². The Morgan fingerprint density at radius 2 is 1.87 bits per heavy atom. The second-order valence-electron chi connectivity index (χ2n) is 7.14. The van der Waals surface area contributed by atoms with Crippen LogP contribution in [0.3, 0.4) is 0 Å². The Kier molecular flexibility index (Phi) is 6.12. The van der Waals surface area contributed by atoms with E-state index in [-0.39, 0.29) is 16.3 Å². The highest BCUT2D eigenvalue weighted by atomic mass is 32.2. The van der Waals surface area contributed by atoms with Gasteiger partial charge < -0.3 is 0 Å². The van der Waals surface area contributed by atoms with Crippen molar-refractivity contribution in [3.8, 4) is 0 Å². The Morgan fingerprint density at radius 1 is 1.07 bits per heavy atom. The van der Waals surface area contributed by atoms with E-state index >= 15 is 0 Å². The van der Waals surface area contributed by atoms with E-state index < -0.39 is 15.9 Å². The third kappa shape index (κ3) is 4.38. The molecule has 4 rings (SSSR count). The number of thioether (sulfide) groups is 1. The number of nitrogens with one attached hydrogen (secondary N) is 2. The van der Waals surface area contributed by atoms with Crippen molar-refractivity contribution in [3.05, 3.63) is 65.5 Å². The average molecular weight is 448 g/mol. The molecule has 6 nitrogen and oxygen atoms in total. The minimum absolute atomic E-state index is 0.109. The van der Waals surface area contributed by atoms with Crippen molar-refractivity contribution < 1.29 is 17.6 Å². The van der Waals surface area contributed by atoms with Gasteiger partial charge in [-0.05, 0) is 55.3 Å². The number of carbonyl (C=O) groups is 1. The third-order valence-corrected chi connectivity index (χ3v) is 8.01. The van der Waals surface area contributed by atoms with Crippen LogP contribution < -0.4 is 10.9 Å². The van der Waals surface area contributed by atoms with Crippen LogP contribution >= 0.6 is 11.8 Å². The van der Waals surface area contributed by atoms with Crippen molar-refractivity contribution >= 4 is 33.4 Å². The number of benzene rings is 2. The molecule has 0 aromatic heterocycles. The Balaban J connectivity index is 1.48. The maximum absolute atomic E-state index is 13.6. The first-order chi connectivity index (χ1) is 14.4. The SMILES string of the molecule is O=C(NNC1=CCSc2ccc(F)cc21)c1cccc(S(=O)(=O)N2CCCCC2)c1. The topological polar surface area (TPSA) is 78.5 Å². The van der Waals surface area contributed by atoms with Crippen LogP contribution in [-0.2, 0) is 10.0 Å². The quantitative estimate of drug-likeness (QED) is 0.687. The number of hydrogen-bond acceptors (Lipinski definition) is 5. The fourth-order valence-corrected chi connectivity index (χ4v) is 6.01. The minimum atomic E-state index is -3.62. The largest absolute Gasteiger partial charge is 0.298 e. The van der Waals surface area contributed by atoms with Crippen molar-refractivity contribution in [2.45, 2.75) is 29.1 Å². The summed E-state index contributed by atoms with van der Waals surface area (Å²) in [7, 11) is -3.62.